The number of unbranched alkanes of at least 4 members (excludes halogenated alkanes) is 1. The van der Waals surface area contributed by atoms with Gasteiger partial charge in [0.25, 0.3) is 0 Å². The van der Waals surface area contributed by atoms with Gasteiger partial charge in [0.1, 0.15) is 0 Å². The highest BCUT2D eigenvalue weighted by atomic mass is 32.2. The molecule has 0 aromatic rings. The van der Waals surface area contributed by atoms with Gasteiger partial charge >= 0.3 is 0 Å². The molecule has 0 aromatic heterocycles. The van der Waals surface area contributed by atoms with Crippen molar-refractivity contribution >= 4 is 11.8 Å². The number of nitrogens with two attached hydrogens (primary N) is 1. The Balaban J connectivity index is 2.27. The van der Waals surface area contributed by atoms with Gasteiger partial charge in [-0.25, -0.2) is 0 Å². The summed E-state index contributed by atoms with van der Waals surface area (Å²) in [5.41, 5.74) is 6.16. The number of nitrogens with zero attached hydrogens (tertiary/aromatic N) is 1. The van der Waals surface area contributed by atoms with E-state index in [-0.39, 0.29) is 0 Å². The molecule has 0 aliphatic carbocycles. The quantitative estimate of drug-likeness (QED) is 0.560. The molecule has 2 nitrogen and oxygen atoms in total. The Bertz CT molecular complexity index is 200. The van der Waals surface area contributed by atoms with Crippen LogP contribution >= 0.6 is 11.8 Å². The summed E-state index contributed by atoms with van der Waals surface area (Å²) in [6, 6.07) is 0.840. The molecule has 0 saturated carbocycles. The fraction of sp³-hybridized carbons (Fsp3) is 0.818. The monoisotopic (exact) mass is 212 g/mol. The van der Waals surface area contributed by atoms with Gasteiger partial charge in [0.2, 0.25) is 0 Å². The SMILES string of the molecule is C#CCCCC(N)C1CSCCN1C. The molecule has 1 aliphatic rings. The molecule has 0 amide bonds. The van der Waals surface area contributed by atoms with Crippen LogP contribution < -0.4 is 5.73 Å². The molecule has 1 rings (SSSR count). The lowest BCUT2D eigenvalue weighted by Gasteiger charge is -2.36. The molecule has 0 radical (unpaired) electrons. The summed E-state index contributed by atoms with van der Waals surface area (Å²) >= 11 is 2.01. The average Bonchev–Trinajstić information content (AvgIpc) is 2.18. The predicted molar refractivity (Wildman–Crippen MR) is 64.4 cm³/mol. The fourth-order valence-electron chi connectivity index (χ4n) is 1.79. The molecule has 0 spiro atoms. The van der Waals surface area contributed by atoms with E-state index in [1.165, 1.54) is 11.5 Å². The van der Waals surface area contributed by atoms with Crippen LogP contribution in [0, 0.1) is 12.3 Å². The summed E-state index contributed by atoms with van der Waals surface area (Å²) in [6.45, 7) is 1.16. The Hall–Kier alpha value is -0.170. The van der Waals surface area contributed by atoms with Crippen molar-refractivity contribution in [1.82, 2.24) is 4.90 Å². The minimum atomic E-state index is 0.293. The summed E-state index contributed by atoms with van der Waals surface area (Å²) in [5, 5.41) is 0. The van der Waals surface area contributed by atoms with E-state index in [1.807, 2.05) is 11.8 Å². The summed E-state index contributed by atoms with van der Waals surface area (Å²) in [4.78, 5) is 2.39. The maximum atomic E-state index is 6.16. The molecule has 2 atom stereocenters. The number of hydrogen-bond donors (Lipinski definition) is 1. The van der Waals surface area contributed by atoms with Crippen molar-refractivity contribution in [3.8, 4) is 12.3 Å². The standard InChI is InChI=1S/C11H20N2S/c1-3-4-5-6-10(12)11-9-14-8-7-13(11)2/h1,10-11H,4-9,12H2,2H3. The summed E-state index contributed by atoms with van der Waals surface area (Å²) in [7, 11) is 2.17. The second kappa shape index (κ2) is 6.34. The molecule has 0 aromatic carbocycles. The third-order valence-corrected chi connectivity index (χ3v) is 3.84. The summed E-state index contributed by atoms with van der Waals surface area (Å²) < 4.78 is 0. The van der Waals surface area contributed by atoms with Gasteiger partial charge in [0, 0.05) is 36.6 Å². The Morgan fingerprint density at radius 3 is 3.14 bits per heavy atom. The van der Waals surface area contributed by atoms with E-state index in [1.54, 1.807) is 0 Å². The van der Waals surface area contributed by atoms with Gasteiger partial charge in [0.15, 0.2) is 0 Å². The zero-order chi connectivity index (χ0) is 10.4. The van der Waals surface area contributed by atoms with Crippen LogP contribution in [0.3, 0.4) is 0 Å². The first kappa shape index (κ1) is 11.9. The van der Waals surface area contributed by atoms with Crippen LogP contribution in [0.5, 0.6) is 0 Å². The van der Waals surface area contributed by atoms with E-state index < -0.39 is 0 Å². The van der Waals surface area contributed by atoms with Crippen LogP contribution in [0.2, 0.25) is 0 Å². The predicted octanol–water partition coefficient (Wildman–Crippen LogP) is 1.16. The summed E-state index contributed by atoms with van der Waals surface area (Å²) in [6.07, 6.45) is 8.19. The minimum absolute atomic E-state index is 0.293. The maximum absolute atomic E-state index is 6.16. The maximum Gasteiger partial charge on any atom is 0.0335 e. The van der Waals surface area contributed by atoms with Crippen LogP contribution in [-0.4, -0.2) is 42.1 Å². The van der Waals surface area contributed by atoms with Gasteiger partial charge in [-0.1, -0.05) is 0 Å². The largest absolute Gasteiger partial charge is 0.326 e. The lowest BCUT2D eigenvalue weighted by atomic mass is 10.0. The van der Waals surface area contributed by atoms with Crippen molar-refractivity contribution in [3.05, 3.63) is 0 Å². The first-order valence-electron chi connectivity index (χ1n) is 5.22. The van der Waals surface area contributed by atoms with Gasteiger partial charge < -0.3 is 10.6 Å². The molecule has 1 heterocycles. The molecular formula is C11H20N2S. The smallest absolute Gasteiger partial charge is 0.0335 e. The number of hydrogen-bond acceptors (Lipinski definition) is 3. The first-order valence-corrected chi connectivity index (χ1v) is 6.38. The third kappa shape index (κ3) is 3.53. The van der Waals surface area contributed by atoms with Crippen molar-refractivity contribution < 1.29 is 0 Å². The molecule has 1 saturated heterocycles. The van der Waals surface area contributed by atoms with E-state index in [4.69, 9.17) is 12.2 Å². The number of terminal acetylenes is 1. The summed E-state index contributed by atoms with van der Waals surface area (Å²) in [5.74, 6) is 5.08. The van der Waals surface area contributed by atoms with Gasteiger partial charge in [-0.05, 0) is 19.9 Å². The van der Waals surface area contributed by atoms with Gasteiger partial charge in [-0.2, -0.15) is 11.8 Å². The molecule has 0 bridgehead atoms. The zero-order valence-corrected chi connectivity index (χ0v) is 9.72. The zero-order valence-electron chi connectivity index (χ0n) is 8.91. The van der Waals surface area contributed by atoms with E-state index in [0.29, 0.717) is 12.1 Å². The van der Waals surface area contributed by atoms with Gasteiger partial charge in [0.05, 0.1) is 0 Å². The Morgan fingerprint density at radius 2 is 2.50 bits per heavy atom. The highest BCUT2D eigenvalue weighted by Crippen LogP contribution is 2.18. The Kier molecular flexibility index (Phi) is 5.39. The van der Waals surface area contributed by atoms with Crippen molar-refractivity contribution in [2.45, 2.75) is 31.3 Å². The molecule has 2 unspecified atom stereocenters. The molecule has 3 heteroatoms. The van der Waals surface area contributed by atoms with Crippen LogP contribution in [0.1, 0.15) is 19.3 Å². The van der Waals surface area contributed by atoms with Crippen molar-refractivity contribution in [2.24, 2.45) is 5.73 Å². The van der Waals surface area contributed by atoms with Crippen LogP contribution in [0.15, 0.2) is 0 Å². The molecule has 2 N–H and O–H groups in total. The molecule has 1 fully saturated rings. The van der Waals surface area contributed by atoms with E-state index in [2.05, 4.69) is 17.9 Å². The van der Waals surface area contributed by atoms with E-state index >= 15 is 0 Å². The normalized spacial score (nSPS) is 25.6. The van der Waals surface area contributed by atoms with Gasteiger partial charge in [-0.15, -0.1) is 12.3 Å². The lowest BCUT2D eigenvalue weighted by molar-refractivity contribution is 0.229. The lowest BCUT2D eigenvalue weighted by Crippen LogP contribution is -2.50. The Labute approximate surface area is 91.6 Å². The fourth-order valence-corrected chi connectivity index (χ4v) is 3.12. The Morgan fingerprint density at radius 1 is 1.71 bits per heavy atom. The molecule has 14 heavy (non-hydrogen) atoms. The highest BCUT2D eigenvalue weighted by Gasteiger charge is 2.24. The topological polar surface area (TPSA) is 29.3 Å². The van der Waals surface area contributed by atoms with Gasteiger partial charge in [-0.3, -0.25) is 0 Å². The molecular weight excluding hydrogens is 192 g/mol. The van der Waals surface area contributed by atoms with E-state index in [0.717, 1.165) is 25.8 Å². The van der Waals surface area contributed by atoms with Crippen molar-refractivity contribution in [3.63, 3.8) is 0 Å². The second-order valence-electron chi connectivity index (χ2n) is 3.88. The van der Waals surface area contributed by atoms with Crippen LogP contribution in [0.25, 0.3) is 0 Å². The number of thioether (sulfide) groups is 1. The second-order valence-corrected chi connectivity index (χ2v) is 5.03. The molecule has 80 valence electrons. The minimum Gasteiger partial charge on any atom is -0.326 e. The van der Waals surface area contributed by atoms with Crippen molar-refractivity contribution in [2.75, 3.05) is 25.1 Å². The number of rotatable bonds is 4. The highest BCUT2D eigenvalue weighted by molar-refractivity contribution is 7.99. The van der Waals surface area contributed by atoms with E-state index in [9.17, 15) is 0 Å². The number of likely N-dealkylation sites (N-methyl/N-ethyl adjacent to an activating group) is 1. The van der Waals surface area contributed by atoms with Crippen molar-refractivity contribution in [1.29, 1.82) is 0 Å². The van der Waals surface area contributed by atoms with Crippen LogP contribution in [-0.2, 0) is 0 Å². The average molecular weight is 212 g/mol. The van der Waals surface area contributed by atoms with Crippen LogP contribution in [0.4, 0.5) is 0 Å². The molecule has 1 aliphatic heterocycles. The first-order chi connectivity index (χ1) is 6.75. The third-order valence-electron chi connectivity index (χ3n) is 2.80.